The smallest absolute Gasteiger partial charge is 0.263 e. The van der Waals surface area contributed by atoms with Crippen LogP contribution in [0.15, 0.2) is 42.6 Å². The van der Waals surface area contributed by atoms with Crippen molar-refractivity contribution in [3.8, 4) is 11.5 Å². The van der Waals surface area contributed by atoms with Crippen molar-refractivity contribution in [2.75, 3.05) is 19.0 Å². The minimum absolute atomic E-state index is 0.116. The summed E-state index contributed by atoms with van der Waals surface area (Å²) in [7, 11) is 1.57. The van der Waals surface area contributed by atoms with E-state index < -0.39 is 0 Å². The Morgan fingerprint density at radius 3 is 2.78 bits per heavy atom. The van der Waals surface area contributed by atoms with Gasteiger partial charge in [-0.2, -0.15) is 0 Å². The van der Waals surface area contributed by atoms with Gasteiger partial charge in [-0.25, -0.2) is 4.98 Å². The zero-order valence-electron chi connectivity index (χ0n) is 13.5. The third-order valence-corrected chi connectivity index (χ3v) is 3.09. The number of carbonyl (C=O) groups is 1. The molecule has 23 heavy (non-hydrogen) atoms. The summed E-state index contributed by atoms with van der Waals surface area (Å²) in [6.45, 7) is 3.76. The molecular weight excluding hydrogens is 292 g/mol. The number of aromatic nitrogens is 1. The quantitative estimate of drug-likeness (QED) is 0.887. The van der Waals surface area contributed by atoms with Crippen molar-refractivity contribution in [2.45, 2.75) is 13.8 Å². The number of allylic oxidation sites excluding steroid dienone is 1. The summed E-state index contributed by atoms with van der Waals surface area (Å²) in [5, 5.41) is 2.70. The van der Waals surface area contributed by atoms with Crippen molar-refractivity contribution in [3.05, 3.63) is 53.7 Å². The molecule has 1 N–H and O–H groups in total. The molecule has 5 heteroatoms. The third-order valence-electron chi connectivity index (χ3n) is 3.09. The van der Waals surface area contributed by atoms with Crippen LogP contribution < -0.4 is 14.8 Å². The third kappa shape index (κ3) is 4.85. The molecule has 1 heterocycles. The van der Waals surface area contributed by atoms with E-state index >= 15 is 0 Å². The lowest BCUT2D eigenvalue weighted by molar-refractivity contribution is -0.118. The van der Waals surface area contributed by atoms with Gasteiger partial charge in [0.1, 0.15) is 5.82 Å². The monoisotopic (exact) mass is 312 g/mol. The van der Waals surface area contributed by atoms with Gasteiger partial charge in [-0.1, -0.05) is 18.2 Å². The zero-order valence-corrected chi connectivity index (χ0v) is 13.5. The van der Waals surface area contributed by atoms with Crippen molar-refractivity contribution in [2.24, 2.45) is 0 Å². The molecule has 120 valence electrons. The van der Waals surface area contributed by atoms with Crippen molar-refractivity contribution in [1.29, 1.82) is 0 Å². The second kappa shape index (κ2) is 7.98. The largest absolute Gasteiger partial charge is 0.493 e. The van der Waals surface area contributed by atoms with E-state index in [1.54, 1.807) is 25.4 Å². The molecule has 0 spiro atoms. The molecule has 5 nitrogen and oxygen atoms in total. The number of pyridine rings is 1. The normalized spacial score (nSPS) is 10.6. The predicted octanol–water partition coefficient (Wildman–Crippen LogP) is 3.45. The zero-order chi connectivity index (χ0) is 16.7. The number of methoxy groups -OCH3 is 1. The summed E-state index contributed by atoms with van der Waals surface area (Å²) < 4.78 is 10.8. The molecule has 0 aliphatic rings. The average molecular weight is 312 g/mol. The average Bonchev–Trinajstić information content (AvgIpc) is 2.54. The van der Waals surface area contributed by atoms with Crippen molar-refractivity contribution < 1.29 is 14.3 Å². The Morgan fingerprint density at radius 1 is 1.26 bits per heavy atom. The van der Waals surface area contributed by atoms with Gasteiger partial charge >= 0.3 is 0 Å². The maximum atomic E-state index is 11.9. The Labute approximate surface area is 136 Å². The first-order valence-corrected chi connectivity index (χ1v) is 7.28. The van der Waals surface area contributed by atoms with Gasteiger partial charge in [0.25, 0.3) is 5.91 Å². The highest BCUT2D eigenvalue weighted by Gasteiger charge is 2.09. The number of carbonyl (C=O) groups excluding carboxylic acids is 1. The summed E-state index contributed by atoms with van der Waals surface area (Å²) in [6, 6.07) is 9.20. The second-order valence-electron chi connectivity index (χ2n) is 4.97. The predicted molar refractivity (Wildman–Crippen MR) is 90.8 cm³/mol. The number of amides is 1. The number of hydrogen-bond acceptors (Lipinski definition) is 4. The topological polar surface area (TPSA) is 60.5 Å². The van der Waals surface area contributed by atoms with Gasteiger partial charge in [0.15, 0.2) is 18.1 Å². The molecule has 0 unspecified atom stereocenters. The van der Waals surface area contributed by atoms with Gasteiger partial charge in [-0.05, 0) is 49.2 Å². The number of benzene rings is 1. The number of anilines is 1. The number of rotatable bonds is 6. The fourth-order valence-electron chi connectivity index (χ4n) is 2.03. The van der Waals surface area contributed by atoms with Gasteiger partial charge in [0, 0.05) is 6.20 Å². The first kappa shape index (κ1) is 16.5. The Hall–Kier alpha value is -2.82. The molecule has 0 aliphatic heterocycles. The Morgan fingerprint density at radius 2 is 2.09 bits per heavy atom. The van der Waals surface area contributed by atoms with Crippen LogP contribution in [0.3, 0.4) is 0 Å². The molecule has 0 saturated heterocycles. The van der Waals surface area contributed by atoms with Crippen molar-refractivity contribution >= 4 is 17.8 Å². The van der Waals surface area contributed by atoms with Crippen LogP contribution in [0.1, 0.15) is 18.1 Å². The summed E-state index contributed by atoms with van der Waals surface area (Å²) in [5.41, 5.74) is 2.03. The second-order valence-corrected chi connectivity index (χ2v) is 4.97. The molecule has 0 radical (unpaired) electrons. The highest BCUT2D eigenvalue weighted by atomic mass is 16.5. The van der Waals surface area contributed by atoms with E-state index in [9.17, 15) is 4.79 Å². The Balaban J connectivity index is 1.98. The van der Waals surface area contributed by atoms with E-state index in [1.807, 2.05) is 44.2 Å². The lowest BCUT2D eigenvalue weighted by Crippen LogP contribution is -2.21. The number of aryl methyl sites for hydroxylation is 1. The van der Waals surface area contributed by atoms with Crippen LogP contribution in [-0.4, -0.2) is 24.6 Å². The van der Waals surface area contributed by atoms with Crippen LogP contribution in [0.4, 0.5) is 5.82 Å². The van der Waals surface area contributed by atoms with Crippen LogP contribution in [0.5, 0.6) is 11.5 Å². The van der Waals surface area contributed by atoms with Gasteiger partial charge < -0.3 is 14.8 Å². The van der Waals surface area contributed by atoms with Crippen molar-refractivity contribution in [3.63, 3.8) is 0 Å². The van der Waals surface area contributed by atoms with Gasteiger partial charge in [0.2, 0.25) is 0 Å². The lowest BCUT2D eigenvalue weighted by atomic mass is 10.2. The highest BCUT2D eigenvalue weighted by Crippen LogP contribution is 2.28. The van der Waals surface area contributed by atoms with E-state index in [2.05, 4.69) is 10.3 Å². The van der Waals surface area contributed by atoms with Crippen molar-refractivity contribution in [1.82, 2.24) is 4.98 Å². The number of hydrogen-bond donors (Lipinski definition) is 1. The fraction of sp³-hybridized carbons (Fsp3) is 0.222. The molecule has 2 aromatic rings. The number of nitrogens with one attached hydrogen (secondary N) is 1. The standard InChI is InChI=1S/C18H20N2O3/c1-4-5-14-6-7-15(16(11-14)22-3)23-12-18(21)20-17-10-13(2)8-9-19-17/h4-11H,12H2,1-3H3,(H,19,20,21)/b5-4+. The maximum Gasteiger partial charge on any atom is 0.263 e. The van der Waals surface area contributed by atoms with Crippen LogP contribution in [0, 0.1) is 6.92 Å². The molecule has 0 aliphatic carbocycles. The Bertz CT molecular complexity index is 711. The SMILES string of the molecule is C/C=C/c1ccc(OCC(=O)Nc2cc(C)ccn2)c(OC)c1. The van der Waals surface area contributed by atoms with Crippen LogP contribution in [0.25, 0.3) is 6.08 Å². The maximum absolute atomic E-state index is 11.9. The van der Waals surface area contributed by atoms with Crippen LogP contribution >= 0.6 is 0 Å². The van der Waals surface area contributed by atoms with E-state index in [-0.39, 0.29) is 12.5 Å². The van der Waals surface area contributed by atoms with E-state index in [0.29, 0.717) is 17.3 Å². The number of nitrogens with zero attached hydrogens (tertiary/aromatic N) is 1. The first-order valence-electron chi connectivity index (χ1n) is 7.28. The fourth-order valence-corrected chi connectivity index (χ4v) is 2.03. The van der Waals surface area contributed by atoms with Crippen LogP contribution in [-0.2, 0) is 4.79 Å². The number of ether oxygens (including phenoxy) is 2. The summed E-state index contributed by atoms with van der Waals surface area (Å²) in [4.78, 5) is 16.0. The van der Waals surface area contributed by atoms with E-state index in [0.717, 1.165) is 11.1 Å². The summed E-state index contributed by atoms with van der Waals surface area (Å²) in [6.07, 6.45) is 5.55. The summed E-state index contributed by atoms with van der Waals surface area (Å²) in [5.74, 6) is 1.34. The minimum Gasteiger partial charge on any atom is -0.493 e. The summed E-state index contributed by atoms with van der Waals surface area (Å²) >= 11 is 0. The molecule has 0 atom stereocenters. The Kier molecular flexibility index (Phi) is 5.74. The van der Waals surface area contributed by atoms with Gasteiger partial charge in [-0.15, -0.1) is 0 Å². The van der Waals surface area contributed by atoms with E-state index in [1.165, 1.54) is 0 Å². The highest BCUT2D eigenvalue weighted by molar-refractivity contribution is 5.91. The van der Waals surface area contributed by atoms with Gasteiger partial charge in [0.05, 0.1) is 7.11 Å². The molecule has 1 aromatic carbocycles. The minimum atomic E-state index is -0.275. The van der Waals surface area contributed by atoms with E-state index in [4.69, 9.17) is 9.47 Å². The molecule has 1 aromatic heterocycles. The molecule has 0 saturated carbocycles. The first-order chi connectivity index (χ1) is 11.1. The molecule has 0 bridgehead atoms. The lowest BCUT2D eigenvalue weighted by Gasteiger charge is -2.11. The molecular formula is C18H20N2O3. The molecule has 0 fully saturated rings. The molecule has 2 rings (SSSR count). The molecule has 1 amide bonds. The van der Waals surface area contributed by atoms with Crippen LogP contribution in [0.2, 0.25) is 0 Å². The van der Waals surface area contributed by atoms with Gasteiger partial charge in [-0.3, -0.25) is 4.79 Å².